The molecular formula is C18H20N4O2. The van der Waals surface area contributed by atoms with E-state index in [-0.39, 0.29) is 5.97 Å². The zero-order valence-electron chi connectivity index (χ0n) is 14.0. The summed E-state index contributed by atoms with van der Waals surface area (Å²) >= 11 is 0. The predicted molar refractivity (Wildman–Crippen MR) is 93.5 cm³/mol. The van der Waals surface area contributed by atoms with Gasteiger partial charge < -0.3 is 15.0 Å². The number of carbonyl (C=O) groups excluding carboxylic acids is 1. The summed E-state index contributed by atoms with van der Waals surface area (Å²) in [5, 5.41) is 4.18. The van der Waals surface area contributed by atoms with E-state index in [4.69, 9.17) is 4.74 Å². The number of benzene rings is 1. The number of hydrogen-bond donors (Lipinski definition) is 2. The summed E-state index contributed by atoms with van der Waals surface area (Å²) in [5.74, 6) is 0.736. The van der Waals surface area contributed by atoms with Crippen molar-refractivity contribution in [3.63, 3.8) is 0 Å². The molecule has 1 aromatic carbocycles. The molecule has 0 saturated carbocycles. The molecule has 0 unspecified atom stereocenters. The van der Waals surface area contributed by atoms with Crippen LogP contribution in [0.3, 0.4) is 0 Å². The van der Waals surface area contributed by atoms with Gasteiger partial charge in [0.25, 0.3) is 0 Å². The number of carbonyl (C=O) groups is 1. The van der Waals surface area contributed by atoms with E-state index in [9.17, 15) is 4.79 Å². The number of aromatic nitrogens is 3. The molecule has 2 aromatic heterocycles. The molecular weight excluding hydrogens is 304 g/mol. The maximum absolute atomic E-state index is 11.9. The Morgan fingerprint density at radius 1 is 1.25 bits per heavy atom. The van der Waals surface area contributed by atoms with Crippen LogP contribution in [0, 0.1) is 12.8 Å². The van der Waals surface area contributed by atoms with Crippen molar-refractivity contribution in [1.29, 1.82) is 0 Å². The third kappa shape index (κ3) is 3.53. The predicted octanol–water partition coefficient (Wildman–Crippen LogP) is 3.82. The van der Waals surface area contributed by atoms with Crippen molar-refractivity contribution >= 4 is 28.5 Å². The highest BCUT2D eigenvalue weighted by Crippen LogP contribution is 2.23. The van der Waals surface area contributed by atoms with Crippen LogP contribution in [-0.4, -0.2) is 27.5 Å². The molecule has 0 amide bonds. The first-order valence-electron chi connectivity index (χ1n) is 7.87. The van der Waals surface area contributed by atoms with Gasteiger partial charge in [0.1, 0.15) is 17.8 Å². The molecule has 2 heterocycles. The topological polar surface area (TPSA) is 79.9 Å². The Kier molecular flexibility index (Phi) is 4.46. The van der Waals surface area contributed by atoms with Crippen LogP contribution in [0.1, 0.15) is 29.9 Å². The van der Waals surface area contributed by atoms with Crippen molar-refractivity contribution in [1.82, 2.24) is 15.0 Å². The summed E-state index contributed by atoms with van der Waals surface area (Å²) in [6.45, 7) is 6.41. The maximum Gasteiger partial charge on any atom is 0.338 e. The summed E-state index contributed by atoms with van der Waals surface area (Å²) in [5.41, 5.74) is 3.19. The average molecular weight is 324 g/mol. The van der Waals surface area contributed by atoms with Gasteiger partial charge in [0.15, 0.2) is 0 Å². The number of esters is 1. The zero-order chi connectivity index (χ0) is 17.1. The minimum Gasteiger partial charge on any atom is -0.462 e. The fourth-order valence-corrected chi connectivity index (χ4v) is 2.32. The summed E-state index contributed by atoms with van der Waals surface area (Å²) in [4.78, 5) is 23.6. The Hall–Kier alpha value is -2.89. The van der Waals surface area contributed by atoms with Gasteiger partial charge >= 0.3 is 5.97 Å². The van der Waals surface area contributed by atoms with E-state index < -0.39 is 0 Å². The fraction of sp³-hybridized carbons (Fsp3) is 0.278. The zero-order valence-corrected chi connectivity index (χ0v) is 14.0. The molecule has 0 spiro atoms. The quantitative estimate of drug-likeness (QED) is 0.697. The van der Waals surface area contributed by atoms with Gasteiger partial charge in [-0.05, 0) is 43.2 Å². The summed E-state index contributed by atoms with van der Waals surface area (Å²) in [6, 6.07) is 9.14. The van der Waals surface area contributed by atoms with Gasteiger partial charge in [0.2, 0.25) is 0 Å². The molecule has 0 aliphatic carbocycles. The lowest BCUT2D eigenvalue weighted by atomic mass is 10.2. The number of aryl methyl sites for hydroxylation is 1. The number of aromatic amines is 1. The first kappa shape index (κ1) is 16.0. The van der Waals surface area contributed by atoms with Crippen LogP contribution < -0.4 is 5.32 Å². The van der Waals surface area contributed by atoms with Crippen LogP contribution >= 0.6 is 0 Å². The van der Waals surface area contributed by atoms with Crippen LogP contribution in [0.25, 0.3) is 11.0 Å². The number of nitrogens with one attached hydrogen (secondary N) is 2. The Labute approximate surface area is 140 Å². The third-order valence-electron chi connectivity index (χ3n) is 3.49. The molecule has 0 aliphatic heterocycles. The number of hydrogen-bond acceptors (Lipinski definition) is 5. The lowest BCUT2D eigenvalue weighted by molar-refractivity contribution is 0.0459. The highest BCUT2D eigenvalue weighted by molar-refractivity contribution is 5.91. The van der Waals surface area contributed by atoms with E-state index in [1.807, 2.05) is 39.0 Å². The second-order valence-corrected chi connectivity index (χ2v) is 6.13. The number of H-pyrrole nitrogens is 1. The SMILES string of the molecule is Cc1cc2c(Nc3ccc(C(=O)OCC(C)C)cc3)ncnc2[nH]1. The van der Waals surface area contributed by atoms with Crippen molar-refractivity contribution in [3.05, 3.63) is 47.9 Å². The van der Waals surface area contributed by atoms with E-state index in [0.717, 1.165) is 28.2 Å². The molecule has 6 heteroatoms. The highest BCUT2D eigenvalue weighted by Gasteiger charge is 2.09. The van der Waals surface area contributed by atoms with Crippen molar-refractivity contribution in [2.45, 2.75) is 20.8 Å². The average Bonchev–Trinajstić information content (AvgIpc) is 2.94. The number of anilines is 2. The van der Waals surface area contributed by atoms with E-state index in [2.05, 4.69) is 20.3 Å². The first-order valence-corrected chi connectivity index (χ1v) is 7.87. The molecule has 3 aromatic rings. The first-order chi connectivity index (χ1) is 11.5. The normalized spacial score (nSPS) is 11.0. The maximum atomic E-state index is 11.9. The van der Waals surface area contributed by atoms with E-state index in [1.165, 1.54) is 6.33 Å². The molecule has 24 heavy (non-hydrogen) atoms. The molecule has 0 saturated heterocycles. The minimum absolute atomic E-state index is 0.305. The van der Waals surface area contributed by atoms with E-state index >= 15 is 0 Å². The van der Waals surface area contributed by atoms with Crippen LogP contribution in [0.4, 0.5) is 11.5 Å². The van der Waals surface area contributed by atoms with Crippen molar-refractivity contribution in [2.24, 2.45) is 5.92 Å². The highest BCUT2D eigenvalue weighted by atomic mass is 16.5. The van der Waals surface area contributed by atoms with Crippen molar-refractivity contribution in [2.75, 3.05) is 11.9 Å². The lowest BCUT2D eigenvalue weighted by Gasteiger charge is -2.09. The van der Waals surface area contributed by atoms with E-state index in [0.29, 0.717) is 18.1 Å². The van der Waals surface area contributed by atoms with Gasteiger partial charge in [0.05, 0.1) is 17.6 Å². The Morgan fingerprint density at radius 3 is 2.71 bits per heavy atom. The van der Waals surface area contributed by atoms with Gasteiger partial charge in [-0.1, -0.05) is 13.8 Å². The monoisotopic (exact) mass is 324 g/mol. The standard InChI is InChI=1S/C18H20N4O2/c1-11(2)9-24-18(23)13-4-6-14(7-5-13)22-17-15-8-12(3)21-16(15)19-10-20-17/h4-8,10-11H,9H2,1-3H3,(H2,19,20,21,22). The molecule has 0 bridgehead atoms. The molecule has 0 aliphatic rings. The van der Waals surface area contributed by atoms with Crippen LogP contribution in [0.2, 0.25) is 0 Å². The Balaban J connectivity index is 1.75. The third-order valence-corrected chi connectivity index (χ3v) is 3.49. The van der Waals surface area contributed by atoms with Crippen LogP contribution in [-0.2, 0) is 4.74 Å². The van der Waals surface area contributed by atoms with Gasteiger partial charge in [-0.2, -0.15) is 0 Å². The molecule has 6 nitrogen and oxygen atoms in total. The van der Waals surface area contributed by atoms with Crippen LogP contribution in [0.5, 0.6) is 0 Å². The van der Waals surface area contributed by atoms with Crippen molar-refractivity contribution in [3.8, 4) is 0 Å². The van der Waals surface area contributed by atoms with E-state index in [1.54, 1.807) is 12.1 Å². The second-order valence-electron chi connectivity index (χ2n) is 6.13. The molecule has 0 fully saturated rings. The summed E-state index contributed by atoms with van der Waals surface area (Å²) < 4.78 is 5.22. The molecule has 3 rings (SSSR count). The molecule has 0 atom stereocenters. The number of ether oxygens (including phenoxy) is 1. The number of rotatable bonds is 5. The number of fused-ring (bicyclic) bond motifs is 1. The molecule has 0 radical (unpaired) electrons. The van der Waals surface area contributed by atoms with Gasteiger partial charge in [0, 0.05) is 11.4 Å². The van der Waals surface area contributed by atoms with Gasteiger partial charge in [-0.25, -0.2) is 14.8 Å². The molecule has 124 valence electrons. The molecule has 2 N–H and O–H groups in total. The van der Waals surface area contributed by atoms with Crippen molar-refractivity contribution < 1.29 is 9.53 Å². The van der Waals surface area contributed by atoms with Crippen LogP contribution in [0.15, 0.2) is 36.7 Å². The minimum atomic E-state index is -0.305. The number of nitrogens with zero attached hydrogens (tertiary/aromatic N) is 2. The summed E-state index contributed by atoms with van der Waals surface area (Å²) in [7, 11) is 0. The van der Waals surface area contributed by atoms with Gasteiger partial charge in [-0.3, -0.25) is 0 Å². The fourth-order valence-electron chi connectivity index (χ4n) is 2.32. The second kappa shape index (κ2) is 6.70. The Bertz CT molecular complexity index is 853. The summed E-state index contributed by atoms with van der Waals surface area (Å²) in [6.07, 6.45) is 1.51. The Morgan fingerprint density at radius 2 is 2.00 bits per heavy atom. The van der Waals surface area contributed by atoms with Gasteiger partial charge in [-0.15, -0.1) is 0 Å². The smallest absolute Gasteiger partial charge is 0.338 e. The largest absolute Gasteiger partial charge is 0.462 e. The lowest BCUT2D eigenvalue weighted by Crippen LogP contribution is -2.10.